The molecular formula is C10H6ClFN4. The first-order chi connectivity index (χ1) is 7.77. The topological polar surface area (TPSA) is 46.0 Å². The van der Waals surface area contributed by atoms with Crippen molar-refractivity contribution in [3.05, 3.63) is 41.7 Å². The summed E-state index contributed by atoms with van der Waals surface area (Å²) in [6.45, 7) is 0. The Morgan fingerprint density at radius 3 is 3.00 bits per heavy atom. The van der Waals surface area contributed by atoms with Crippen molar-refractivity contribution < 1.29 is 4.39 Å². The van der Waals surface area contributed by atoms with E-state index in [0.29, 0.717) is 17.2 Å². The zero-order valence-electron chi connectivity index (χ0n) is 7.98. The molecule has 0 saturated heterocycles. The number of hydrogen-bond donors (Lipinski definition) is 1. The molecule has 16 heavy (non-hydrogen) atoms. The van der Waals surface area contributed by atoms with Gasteiger partial charge in [0, 0.05) is 18.6 Å². The minimum atomic E-state index is -0.477. The van der Waals surface area contributed by atoms with Crippen LogP contribution in [0.4, 0.5) is 4.39 Å². The van der Waals surface area contributed by atoms with Crippen molar-refractivity contribution in [1.82, 2.24) is 19.4 Å². The summed E-state index contributed by atoms with van der Waals surface area (Å²) in [5.41, 5.74) is 0.332. The van der Waals surface area contributed by atoms with Gasteiger partial charge >= 0.3 is 0 Å². The standard InChI is InChI=1S/C10H6ClFN4/c11-6-1-4-16-7(8(6)12)5-15-10(16)9-13-2-3-14-9/h1-5H,(H,13,14). The quantitative estimate of drug-likeness (QED) is 0.706. The predicted octanol–water partition coefficient (Wildman–Crippen LogP) is 2.52. The maximum absolute atomic E-state index is 13.6. The molecule has 0 amide bonds. The minimum absolute atomic E-state index is 0.0818. The molecule has 0 aliphatic heterocycles. The van der Waals surface area contributed by atoms with E-state index in [0.717, 1.165) is 0 Å². The molecule has 3 aromatic heterocycles. The lowest BCUT2D eigenvalue weighted by Crippen LogP contribution is -1.92. The SMILES string of the molecule is Fc1c(Cl)ccn2c(-c3ncc[nH]3)ncc12. The van der Waals surface area contributed by atoms with E-state index >= 15 is 0 Å². The lowest BCUT2D eigenvalue weighted by Gasteiger charge is -2.00. The third-order valence-corrected chi connectivity index (χ3v) is 2.60. The van der Waals surface area contributed by atoms with Crippen LogP contribution in [0, 0.1) is 5.82 Å². The molecule has 1 N–H and O–H groups in total. The van der Waals surface area contributed by atoms with Crippen LogP contribution in [0.2, 0.25) is 5.02 Å². The maximum atomic E-state index is 13.6. The third-order valence-electron chi connectivity index (χ3n) is 2.31. The first kappa shape index (κ1) is 9.35. The zero-order valence-corrected chi connectivity index (χ0v) is 8.74. The van der Waals surface area contributed by atoms with Gasteiger partial charge in [0.1, 0.15) is 5.52 Å². The summed E-state index contributed by atoms with van der Waals surface area (Å²) >= 11 is 5.68. The molecule has 0 bridgehead atoms. The van der Waals surface area contributed by atoms with E-state index in [1.54, 1.807) is 23.0 Å². The summed E-state index contributed by atoms with van der Waals surface area (Å²) < 4.78 is 15.2. The van der Waals surface area contributed by atoms with Crippen LogP contribution >= 0.6 is 11.6 Å². The van der Waals surface area contributed by atoms with Gasteiger partial charge in [-0.15, -0.1) is 0 Å². The van der Waals surface area contributed by atoms with Gasteiger partial charge in [-0.2, -0.15) is 0 Å². The van der Waals surface area contributed by atoms with Gasteiger partial charge in [0.15, 0.2) is 17.5 Å². The van der Waals surface area contributed by atoms with Crippen molar-refractivity contribution in [2.45, 2.75) is 0 Å². The molecular weight excluding hydrogens is 231 g/mol. The summed E-state index contributed by atoms with van der Waals surface area (Å²) in [7, 11) is 0. The Bertz CT molecular complexity index is 644. The van der Waals surface area contributed by atoms with Crippen molar-refractivity contribution in [2.24, 2.45) is 0 Å². The highest BCUT2D eigenvalue weighted by Gasteiger charge is 2.12. The number of rotatable bonds is 1. The molecule has 3 aromatic rings. The first-order valence-corrected chi connectivity index (χ1v) is 4.96. The Balaban J connectivity index is 2.34. The van der Waals surface area contributed by atoms with E-state index in [1.165, 1.54) is 12.3 Å². The van der Waals surface area contributed by atoms with Gasteiger partial charge in [-0.05, 0) is 6.07 Å². The van der Waals surface area contributed by atoms with Crippen LogP contribution in [0.3, 0.4) is 0 Å². The lowest BCUT2D eigenvalue weighted by atomic mass is 10.4. The number of aromatic amines is 1. The average molecular weight is 237 g/mol. The molecule has 0 aromatic carbocycles. The molecule has 0 atom stereocenters. The van der Waals surface area contributed by atoms with Crippen LogP contribution < -0.4 is 0 Å². The zero-order chi connectivity index (χ0) is 11.1. The Labute approximate surface area is 94.7 Å². The summed E-state index contributed by atoms with van der Waals surface area (Å²) in [5, 5.41) is 0.0818. The number of imidazole rings is 2. The first-order valence-electron chi connectivity index (χ1n) is 4.58. The molecule has 80 valence electrons. The number of fused-ring (bicyclic) bond motifs is 1. The van der Waals surface area contributed by atoms with Crippen molar-refractivity contribution >= 4 is 17.1 Å². The second kappa shape index (κ2) is 3.31. The molecule has 0 unspecified atom stereocenters. The number of hydrogen-bond acceptors (Lipinski definition) is 2. The number of nitrogens with one attached hydrogen (secondary N) is 1. The van der Waals surface area contributed by atoms with Gasteiger partial charge in [0.2, 0.25) is 0 Å². The largest absolute Gasteiger partial charge is 0.342 e. The van der Waals surface area contributed by atoms with E-state index in [4.69, 9.17) is 11.6 Å². The Morgan fingerprint density at radius 1 is 1.38 bits per heavy atom. The second-order valence-corrected chi connectivity index (χ2v) is 3.66. The van der Waals surface area contributed by atoms with Crippen LogP contribution in [0.1, 0.15) is 0 Å². The summed E-state index contributed by atoms with van der Waals surface area (Å²) in [6, 6.07) is 1.48. The Kier molecular flexibility index (Phi) is 1.94. The van der Waals surface area contributed by atoms with E-state index < -0.39 is 5.82 Å². The molecule has 6 heteroatoms. The molecule has 0 aliphatic rings. The van der Waals surface area contributed by atoms with Crippen molar-refractivity contribution in [3.8, 4) is 11.6 Å². The van der Waals surface area contributed by atoms with E-state index in [-0.39, 0.29) is 5.02 Å². The Hall–Kier alpha value is -1.88. The molecule has 4 nitrogen and oxygen atoms in total. The van der Waals surface area contributed by atoms with Gasteiger partial charge in [-0.3, -0.25) is 4.40 Å². The smallest absolute Gasteiger partial charge is 0.180 e. The normalized spacial score (nSPS) is 11.1. The highest BCUT2D eigenvalue weighted by atomic mass is 35.5. The predicted molar refractivity (Wildman–Crippen MR) is 57.7 cm³/mol. The number of H-pyrrole nitrogens is 1. The molecule has 0 radical (unpaired) electrons. The number of halogens is 2. The fraction of sp³-hybridized carbons (Fsp3) is 0. The number of nitrogens with zero attached hydrogens (tertiary/aromatic N) is 3. The monoisotopic (exact) mass is 236 g/mol. The van der Waals surface area contributed by atoms with Crippen LogP contribution in [0.15, 0.2) is 30.9 Å². The molecule has 3 heterocycles. The fourth-order valence-corrected chi connectivity index (χ4v) is 1.73. The molecule has 0 fully saturated rings. The lowest BCUT2D eigenvalue weighted by molar-refractivity contribution is 0.634. The van der Waals surface area contributed by atoms with Gasteiger partial charge in [0.25, 0.3) is 0 Å². The van der Waals surface area contributed by atoms with Crippen LogP contribution in [0.25, 0.3) is 17.2 Å². The summed E-state index contributed by atoms with van der Waals surface area (Å²) in [4.78, 5) is 11.1. The highest BCUT2D eigenvalue weighted by molar-refractivity contribution is 6.31. The van der Waals surface area contributed by atoms with E-state index in [2.05, 4.69) is 15.0 Å². The summed E-state index contributed by atoms with van der Waals surface area (Å²) in [5.74, 6) is 0.659. The van der Waals surface area contributed by atoms with Crippen molar-refractivity contribution in [2.75, 3.05) is 0 Å². The van der Waals surface area contributed by atoms with E-state index in [1.807, 2.05) is 0 Å². The van der Waals surface area contributed by atoms with Crippen LogP contribution in [-0.4, -0.2) is 19.4 Å². The maximum Gasteiger partial charge on any atom is 0.180 e. The van der Waals surface area contributed by atoms with Crippen molar-refractivity contribution in [1.29, 1.82) is 0 Å². The summed E-state index contributed by atoms with van der Waals surface area (Å²) in [6.07, 6.45) is 6.38. The van der Waals surface area contributed by atoms with Crippen LogP contribution in [0.5, 0.6) is 0 Å². The van der Waals surface area contributed by atoms with E-state index in [9.17, 15) is 4.39 Å². The fourth-order valence-electron chi connectivity index (χ4n) is 1.57. The average Bonchev–Trinajstić information content (AvgIpc) is 2.91. The molecule has 3 rings (SSSR count). The van der Waals surface area contributed by atoms with Gasteiger partial charge in [-0.1, -0.05) is 11.6 Å². The van der Waals surface area contributed by atoms with Crippen LogP contribution in [-0.2, 0) is 0 Å². The highest BCUT2D eigenvalue weighted by Crippen LogP contribution is 2.22. The molecule has 0 saturated carbocycles. The van der Waals surface area contributed by atoms with Crippen molar-refractivity contribution in [3.63, 3.8) is 0 Å². The Morgan fingerprint density at radius 2 is 2.25 bits per heavy atom. The molecule has 0 aliphatic carbocycles. The minimum Gasteiger partial charge on any atom is -0.342 e. The second-order valence-electron chi connectivity index (χ2n) is 3.25. The van der Waals surface area contributed by atoms with Gasteiger partial charge in [0.05, 0.1) is 11.2 Å². The third kappa shape index (κ3) is 1.22. The number of aromatic nitrogens is 4. The number of pyridine rings is 1. The van der Waals surface area contributed by atoms with Gasteiger partial charge in [-0.25, -0.2) is 14.4 Å². The van der Waals surface area contributed by atoms with Gasteiger partial charge < -0.3 is 4.98 Å². The molecule has 0 spiro atoms.